The van der Waals surface area contributed by atoms with E-state index in [2.05, 4.69) is 15.3 Å². The molecule has 0 radical (unpaired) electrons. The number of pyridine rings is 2. The third-order valence-corrected chi connectivity index (χ3v) is 5.51. The first-order valence-electron chi connectivity index (χ1n) is 9.61. The Balaban J connectivity index is 1.77. The molecule has 0 fully saturated rings. The number of hydrogen-bond acceptors (Lipinski definition) is 4. The first kappa shape index (κ1) is 22.9. The molecule has 0 atom stereocenters. The molecule has 11 heteroatoms. The van der Waals surface area contributed by atoms with E-state index in [0.29, 0.717) is 5.82 Å². The Labute approximate surface area is 196 Å². The van der Waals surface area contributed by atoms with Crippen LogP contribution in [-0.2, 0) is 12.7 Å². The molecule has 1 aromatic carbocycles. The number of hydrogen-bond donors (Lipinski definition) is 1. The molecule has 0 aliphatic carbocycles. The standard InChI is InChI=1S/C22H16Cl2F3N5O/c1-31(17-9-2-3-10-28-17)12-16-19(22(25,26)27)30-20-15(8-5-11-32(16)20)29-21(33)18-13(23)6-4-7-14(18)24/h2-11H,12H2,1H3,(H,29,33). The molecule has 3 heterocycles. The predicted octanol–water partition coefficient (Wildman–Crippen LogP) is 5.94. The summed E-state index contributed by atoms with van der Waals surface area (Å²) in [7, 11) is 1.63. The molecule has 0 saturated carbocycles. The Morgan fingerprint density at radius 3 is 2.45 bits per heavy atom. The maximum Gasteiger partial charge on any atom is 0.435 e. The summed E-state index contributed by atoms with van der Waals surface area (Å²) in [6.45, 7) is -0.124. The number of nitrogens with zero attached hydrogens (tertiary/aromatic N) is 4. The average Bonchev–Trinajstić information content (AvgIpc) is 3.14. The summed E-state index contributed by atoms with van der Waals surface area (Å²) in [6, 6.07) is 12.7. The van der Waals surface area contributed by atoms with Crippen LogP contribution in [-0.4, -0.2) is 27.3 Å². The van der Waals surface area contributed by atoms with Gasteiger partial charge in [-0.2, -0.15) is 13.2 Å². The molecule has 0 unspecified atom stereocenters. The zero-order chi connectivity index (χ0) is 23.8. The number of rotatable bonds is 5. The highest BCUT2D eigenvalue weighted by molar-refractivity contribution is 6.40. The highest BCUT2D eigenvalue weighted by atomic mass is 35.5. The molecule has 4 aromatic rings. The number of aromatic nitrogens is 3. The van der Waals surface area contributed by atoms with Crippen molar-refractivity contribution in [2.45, 2.75) is 12.7 Å². The van der Waals surface area contributed by atoms with Crippen molar-refractivity contribution in [3.63, 3.8) is 0 Å². The van der Waals surface area contributed by atoms with E-state index in [4.69, 9.17) is 23.2 Å². The fourth-order valence-electron chi connectivity index (χ4n) is 3.38. The van der Waals surface area contributed by atoms with Gasteiger partial charge in [0, 0.05) is 19.4 Å². The Hall–Kier alpha value is -3.30. The molecule has 3 aromatic heterocycles. The highest BCUT2D eigenvalue weighted by Crippen LogP contribution is 2.35. The Kier molecular flexibility index (Phi) is 6.18. The third kappa shape index (κ3) is 4.60. The van der Waals surface area contributed by atoms with E-state index in [9.17, 15) is 18.0 Å². The lowest BCUT2D eigenvalue weighted by molar-refractivity contribution is -0.141. The van der Waals surface area contributed by atoms with Crippen LogP contribution < -0.4 is 10.2 Å². The van der Waals surface area contributed by atoms with Gasteiger partial charge in [-0.05, 0) is 36.4 Å². The lowest BCUT2D eigenvalue weighted by Gasteiger charge is -2.19. The zero-order valence-electron chi connectivity index (χ0n) is 17.1. The summed E-state index contributed by atoms with van der Waals surface area (Å²) in [6.07, 6.45) is -1.70. The summed E-state index contributed by atoms with van der Waals surface area (Å²) in [5.41, 5.74) is -1.12. The fraction of sp³-hybridized carbons (Fsp3) is 0.136. The molecule has 170 valence electrons. The quantitative estimate of drug-likeness (QED) is 0.373. The van der Waals surface area contributed by atoms with Crippen molar-refractivity contribution in [2.75, 3.05) is 17.3 Å². The van der Waals surface area contributed by atoms with Gasteiger partial charge >= 0.3 is 6.18 Å². The van der Waals surface area contributed by atoms with Crippen LogP contribution in [0.15, 0.2) is 60.9 Å². The minimum absolute atomic E-state index is 0.0144. The molecule has 0 aliphatic heterocycles. The molecule has 0 bridgehead atoms. The van der Waals surface area contributed by atoms with Gasteiger partial charge < -0.3 is 10.2 Å². The van der Waals surface area contributed by atoms with Crippen molar-refractivity contribution in [2.24, 2.45) is 0 Å². The smallest absolute Gasteiger partial charge is 0.354 e. The number of carbonyl (C=O) groups excluding carboxylic acids is 1. The number of halogens is 5. The van der Waals surface area contributed by atoms with Crippen molar-refractivity contribution in [3.05, 3.63) is 87.9 Å². The molecular formula is C22H16Cl2F3N5O. The average molecular weight is 494 g/mol. The summed E-state index contributed by atoms with van der Waals surface area (Å²) < 4.78 is 42.9. The fourth-order valence-corrected chi connectivity index (χ4v) is 3.95. The first-order valence-corrected chi connectivity index (χ1v) is 10.4. The van der Waals surface area contributed by atoms with Gasteiger partial charge in [0.25, 0.3) is 5.91 Å². The summed E-state index contributed by atoms with van der Waals surface area (Å²) in [5.74, 6) is -0.166. The second-order valence-electron chi connectivity index (χ2n) is 7.12. The van der Waals surface area contributed by atoms with Gasteiger partial charge in [-0.15, -0.1) is 0 Å². The van der Waals surface area contributed by atoms with Crippen molar-refractivity contribution in [1.29, 1.82) is 0 Å². The second kappa shape index (κ2) is 8.92. The van der Waals surface area contributed by atoms with Gasteiger partial charge in [0.05, 0.1) is 33.5 Å². The molecule has 0 saturated heterocycles. The second-order valence-corrected chi connectivity index (χ2v) is 7.93. The maximum absolute atomic E-state index is 13.9. The molecule has 0 aliphatic rings. The number of amides is 1. The van der Waals surface area contributed by atoms with Crippen LogP contribution in [0.25, 0.3) is 5.65 Å². The van der Waals surface area contributed by atoms with Crippen molar-refractivity contribution < 1.29 is 18.0 Å². The Morgan fingerprint density at radius 1 is 1.09 bits per heavy atom. The molecule has 33 heavy (non-hydrogen) atoms. The monoisotopic (exact) mass is 493 g/mol. The SMILES string of the molecule is CN(Cc1c(C(F)(F)F)nc2c(NC(=O)c3c(Cl)cccc3Cl)cccn12)c1ccccn1. The van der Waals surface area contributed by atoms with Gasteiger partial charge in [-0.3, -0.25) is 9.20 Å². The van der Waals surface area contributed by atoms with E-state index in [0.717, 1.165) is 0 Å². The highest BCUT2D eigenvalue weighted by Gasteiger charge is 2.38. The topological polar surface area (TPSA) is 62.5 Å². The number of anilines is 2. The van der Waals surface area contributed by atoms with Gasteiger partial charge in [0.1, 0.15) is 5.82 Å². The molecule has 4 rings (SSSR count). The van der Waals surface area contributed by atoms with Crippen molar-refractivity contribution >= 4 is 46.3 Å². The number of alkyl halides is 3. The van der Waals surface area contributed by atoms with Crippen molar-refractivity contribution in [3.8, 4) is 0 Å². The number of nitrogens with one attached hydrogen (secondary N) is 1. The Bertz CT molecular complexity index is 1300. The van der Waals surface area contributed by atoms with Gasteiger partial charge in [-0.1, -0.05) is 35.3 Å². The number of imidazole rings is 1. The zero-order valence-corrected chi connectivity index (χ0v) is 18.6. The van der Waals surface area contributed by atoms with Crippen LogP contribution in [0.5, 0.6) is 0 Å². The van der Waals surface area contributed by atoms with E-state index in [-0.39, 0.29) is 39.2 Å². The third-order valence-electron chi connectivity index (χ3n) is 4.88. The van der Waals surface area contributed by atoms with Crippen LogP contribution in [0, 0.1) is 0 Å². The lowest BCUT2D eigenvalue weighted by Crippen LogP contribution is -2.21. The van der Waals surface area contributed by atoms with Crippen LogP contribution in [0.1, 0.15) is 21.7 Å². The normalized spacial score (nSPS) is 11.6. The minimum atomic E-state index is -4.71. The van der Waals surface area contributed by atoms with Gasteiger partial charge in [0.15, 0.2) is 11.3 Å². The summed E-state index contributed by atoms with van der Waals surface area (Å²) in [4.78, 5) is 22.4. The van der Waals surface area contributed by atoms with E-state index in [1.807, 2.05) is 0 Å². The number of carbonyl (C=O) groups is 1. The summed E-state index contributed by atoms with van der Waals surface area (Å²) >= 11 is 12.2. The van der Waals surface area contributed by atoms with E-state index in [1.54, 1.807) is 42.4 Å². The van der Waals surface area contributed by atoms with Gasteiger partial charge in [0.2, 0.25) is 0 Å². The lowest BCUT2D eigenvalue weighted by atomic mass is 10.2. The Morgan fingerprint density at radius 2 is 1.82 bits per heavy atom. The molecule has 1 amide bonds. The first-order chi connectivity index (χ1) is 15.7. The summed E-state index contributed by atoms with van der Waals surface area (Å²) in [5, 5.41) is 2.80. The van der Waals surface area contributed by atoms with Gasteiger partial charge in [-0.25, -0.2) is 9.97 Å². The van der Waals surface area contributed by atoms with Crippen LogP contribution >= 0.6 is 23.2 Å². The van der Waals surface area contributed by atoms with E-state index < -0.39 is 17.8 Å². The largest absolute Gasteiger partial charge is 0.435 e. The van der Waals surface area contributed by atoms with Crippen LogP contribution in [0.2, 0.25) is 10.0 Å². The van der Waals surface area contributed by atoms with E-state index >= 15 is 0 Å². The predicted molar refractivity (Wildman–Crippen MR) is 121 cm³/mol. The molecule has 6 nitrogen and oxygen atoms in total. The van der Waals surface area contributed by atoms with Crippen molar-refractivity contribution in [1.82, 2.24) is 14.4 Å². The molecule has 0 spiro atoms. The number of benzene rings is 1. The van der Waals surface area contributed by atoms with Crippen LogP contribution in [0.4, 0.5) is 24.7 Å². The minimum Gasteiger partial charge on any atom is -0.354 e. The number of fused-ring (bicyclic) bond motifs is 1. The molecular weight excluding hydrogens is 478 g/mol. The van der Waals surface area contributed by atoms with Crippen LogP contribution in [0.3, 0.4) is 0 Å². The maximum atomic E-state index is 13.9. The van der Waals surface area contributed by atoms with E-state index in [1.165, 1.54) is 34.9 Å². The molecule has 1 N–H and O–H groups in total.